The van der Waals surface area contributed by atoms with E-state index in [0.29, 0.717) is 18.4 Å². The topological polar surface area (TPSA) is 164 Å². The van der Waals surface area contributed by atoms with Crippen LogP contribution >= 0.6 is 0 Å². The molecule has 3 aliphatic heterocycles. The third kappa shape index (κ3) is 6.04. The molecule has 0 aromatic carbocycles. The first-order valence-corrected chi connectivity index (χ1v) is 11.0. The normalized spacial score (nSPS) is 45.2. The van der Waals surface area contributed by atoms with Crippen molar-refractivity contribution < 1.29 is 54.0 Å². The highest BCUT2D eigenvalue weighted by molar-refractivity contribution is 5.87. The van der Waals surface area contributed by atoms with E-state index in [1.54, 1.807) is 13.0 Å². The first-order valence-electron chi connectivity index (χ1n) is 11.0. The van der Waals surface area contributed by atoms with Crippen LogP contribution < -0.4 is 0 Å². The molecular formula is C21H34O11. The lowest BCUT2D eigenvalue weighted by Gasteiger charge is -2.42. The molecule has 0 radical (unpaired) electrons. The zero-order valence-corrected chi connectivity index (χ0v) is 18.3. The molecule has 3 rings (SSSR count). The van der Waals surface area contributed by atoms with Gasteiger partial charge in [-0.15, -0.1) is 0 Å². The molecular weight excluding hydrogens is 428 g/mol. The molecule has 3 heterocycles. The van der Waals surface area contributed by atoms with Crippen molar-refractivity contribution in [2.24, 2.45) is 5.92 Å². The molecule has 5 N–H and O–H groups in total. The van der Waals surface area contributed by atoms with Crippen molar-refractivity contribution in [1.82, 2.24) is 0 Å². The van der Waals surface area contributed by atoms with E-state index in [1.165, 1.54) is 0 Å². The molecule has 2 fully saturated rings. The van der Waals surface area contributed by atoms with Crippen LogP contribution in [0.3, 0.4) is 0 Å². The quantitative estimate of drug-likeness (QED) is 0.268. The van der Waals surface area contributed by atoms with Crippen molar-refractivity contribution in [3.8, 4) is 0 Å². The van der Waals surface area contributed by atoms with Gasteiger partial charge in [-0.3, -0.25) is 0 Å². The predicted molar refractivity (Wildman–Crippen MR) is 107 cm³/mol. The van der Waals surface area contributed by atoms with Crippen LogP contribution in [0.2, 0.25) is 0 Å². The molecule has 184 valence electrons. The number of allylic oxidation sites excluding steroid dienone is 1. The van der Waals surface area contributed by atoms with Crippen molar-refractivity contribution in [2.75, 3.05) is 19.8 Å². The van der Waals surface area contributed by atoms with Gasteiger partial charge in [0, 0.05) is 5.57 Å². The Labute approximate surface area is 186 Å². The molecule has 10 atom stereocenters. The summed E-state index contributed by atoms with van der Waals surface area (Å²) in [6.45, 7) is 3.31. The highest BCUT2D eigenvalue weighted by atomic mass is 16.7. The van der Waals surface area contributed by atoms with Gasteiger partial charge in [-0.1, -0.05) is 13.0 Å². The first-order chi connectivity index (χ1) is 15.2. The molecule has 1 unspecified atom stereocenters. The van der Waals surface area contributed by atoms with E-state index >= 15 is 0 Å². The van der Waals surface area contributed by atoms with E-state index in [0.717, 1.165) is 6.42 Å². The number of ether oxygens (including phenoxy) is 5. The van der Waals surface area contributed by atoms with E-state index in [1.807, 2.05) is 6.92 Å². The number of aliphatic hydroxyl groups is 5. The Balaban J connectivity index is 1.80. The number of hydrogen-bond donors (Lipinski definition) is 5. The van der Waals surface area contributed by atoms with Crippen molar-refractivity contribution in [1.29, 1.82) is 0 Å². The summed E-state index contributed by atoms with van der Waals surface area (Å²) in [5.74, 6) is -0.428. The van der Waals surface area contributed by atoms with E-state index in [9.17, 15) is 30.3 Å². The minimum absolute atomic E-state index is 0.245. The molecule has 3 aliphatic rings. The van der Waals surface area contributed by atoms with Gasteiger partial charge in [-0.05, 0) is 32.1 Å². The maximum Gasteiger partial charge on any atom is 0.333 e. The maximum atomic E-state index is 12.5. The minimum atomic E-state index is -1.53. The summed E-state index contributed by atoms with van der Waals surface area (Å²) in [6, 6.07) is 0. The van der Waals surface area contributed by atoms with Gasteiger partial charge in [0.15, 0.2) is 18.7 Å². The predicted octanol–water partition coefficient (Wildman–Crippen LogP) is -1.42. The molecule has 0 saturated carbocycles. The standard InChI is InChI=1S/C21H34O11/c1-10-4-3-5-11(2)19(27)32-18-14(23)12(22)8-29-21(18)30-9-13-15(24)16(25)17(26)20(31-13)28-7-6-10/h5,10,12-18,20-26H,3-4,6-9H2,1-2H3/t10?,12-,13+,14-,15+,16-,17+,18+,20+,21-/m0/s1. The highest BCUT2D eigenvalue weighted by Crippen LogP contribution is 2.26. The van der Waals surface area contributed by atoms with E-state index in [2.05, 4.69) is 0 Å². The lowest BCUT2D eigenvalue weighted by molar-refractivity contribution is -0.321. The summed E-state index contributed by atoms with van der Waals surface area (Å²) in [7, 11) is 0. The van der Waals surface area contributed by atoms with Crippen LogP contribution in [0.4, 0.5) is 0 Å². The van der Waals surface area contributed by atoms with Gasteiger partial charge in [-0.2, -0.15) is 0 Å². The zero-order chi connectivity index (χ0) is 23.4. The van der Waals surface area contributed by atoms with E-state index < -0.39 is 61.3 Å². The molecule has 0 spiro atoms. The molecule has 2 bridgehead atoms. The van der Waals surface area contributed by atoms with Crippen LogP contribution in [0, 0.1) is 5.92 Å². The van der Waals surface area contributed by atoms with Gasteiger partial charge in [0.25, 0.3) is 0 Å². The second-order valence-electron chi connectivity index (χ2n) is 8.71. The van der Waals surface area contributed by atoms with Crippen molar-refractivity contribution in [2.45, 2.75) is 88.4 Å². The Bertz CT molecular complexity index is 656. The van der Waals surface area contributed by atoms with Gasteiger partial charge < -0.3 is 49.2 Å². The Hall–Kier alpha value is -1.15. The fourth-order valence-electron chi connectivity index (χ4n) is 3.83. The van der Waals surface area contributed by atoms with Crippen LogP contribution in [-0.4, -0.2) is 107 Å². The van der Waals surface area contributed by atoms with Crippen molar-refractivity contribution in [3.63, 3.8) is 0 Å². The first kappa shape index (κ1) is 25.5. The molecule has 0 aromatic rings. The Morgan fingerprint density at radius 3 is 2.34 bits per heavy atom. The molecule has 11 nitrogen and oxygen atoms in total. The second kappa shape index (κ2) is 11.3. The van der Waals surface area contributed by atoms with Crippen LogP contribution in [0.1, 0.15) is 33.1 Å². The second-order valence-corrected chi connectivity index (χ2v) is 8.71. The summed E-state index contributed by atoms with van der Waals surface area (Å²) in [5.41, 5.74) is 0.352. The van der Waals surface area contributed by atoms with Gasteiger partial charge in [-0.25, -0.2) is 4.79 Å². The summed E-state index contributed by atoms with van der Waals surface area (Å²) < 4.78 is 27.6. The zero-order valence-electron chi connectivity index (χ0n) is 18.3. The Morgan fingerprint density at radius 1 is 0.875 bits per heavy atom. The van der Waals surface area contributed by atoms with Crippen LogP contribution in [0.15, 0.2) is 11.6 Å². The van der Waals surface area contributed by atoms with Gasteiger partial charge in [0.2, 0.25) is 0 Å². The minimum Gasteiger partial charge on any atom is -0.451 e. The summed E-state index contributed by atoms with van der Waals surface area (Å²) in [6.07, 6.45) is -8.22. The van der Waals surface area contributed by atoms with Crippen LogP contribution in [0.5, 0.6) is 0 Å². The fourth-order valence-corrected chi connectivity index (χ4v) is 3.83. The number of esters is 1. The average Bonchev–Trinajstić information content (AvgIpc) is 2.76. The molecule has 0 amide bonds. The Kier molecular flexibility index (Phi) is 9.01. The lowest BCUT2D eigenvalue weighted by atomic mass is 9.99. The van der Waals surface area contributed by atoms with Gasteiger partial charge in [0.05, 0.1) is 19.8 Å². The summed E-state index contributed by atoms with van der Waals surface area (Å²) >= 11 is 0. The van der Waals surface area contributed by atoms with Gasteiger partial charge in [0.1, 0.15) is 36.6 Å². The number of hydrogen-bond acceptors (Lipinski definition) is 11. The number of carbonyl (C=O) groups excluding carboxylic acids is 1. The van der Waals surface area contributed by atoms with E-state index in [-0.39, 0.29) is 25.7 Å². The van der Waals surface area contributed by atoms with E-state index in [4.69, 9.17) is 23.7 Å². The smallest absolute Gasteiger partial charge is 0.333 e. The average molecular weight is 462 g/mol. The Morgan fingerprint density at radius 2 is 1.59 bits per heavy atom. The third-order valence-electron chi connectivity index (χ3n) is 6.09. The van der Waals surface area contributed by atoms with Crippen molar-refractivity contribution >= 4 is 5.97 Å². The lowest BCUT2D eigenvalue weighted by Crippen LogP contribution is -2.60. The van der Waals surface area contributed by atoms with Crippen molar-refractivity contribution in [3.05, 3.63) is 11.6 Å². The SMILES string of the molecule is CC1=CCCC(C)CCO[C@@H]2O[C@H](CO[C@@H]3OC[C@H](O)[C@H](O)[C@H]3OC1=O)[C@@H](O)[C@H](O)[C@H]2O. The third-order valence-corrected chi connectivity index (χ3v) is 6.09. The molecule has 0 aliphatic carbocycles. The largest absolute Gasteiger partial charge is 0.451 e. The maximum absolute atomic E-state index is 12.5. The number of rotatable bonds is 0. The number of fused-ring (bicyclic) bond motifs is 3. The summed E-state index contributed by atoms with van der Waals surface area (Å²) in [5, 5.41) is 51.0. The fraction of sp³-hybridized carbons (Fsp3) is 0.857. The van der Waals surface area contributed by atoms with Gasteiger partial charge >= 0.3 is 5.97 Å². The molecule has 0 aromatic heterocycles. The number of carbonyl (C=O) groups is 1. The van der Waals surface area contributed by atoms with Crippen LogP contribution in [-0.2, 0) is 28.5 Å². The monoisotopic (exact) mass is 462 g/mol. The van der Waals surface area contributed by atoms with Crippen LogP contribution in [0.25, 0.3) is 0 Å². The molecule has 2 saturated heterocycles. The number of aliphatic hydroxyl groups excluding tert-OH is 5. The molecule has 11 heteroatoms. The highest BCUT2D eigenvalue weighted by Gasteiger charge is 2.47. The molecule has 32 heavy (non-hydrogen) atoms. The summed E-state index contributed by atoms with van der Waals surface area (Å²) in [4.78, 5) is 12.5.